The Morgan fingerprint density at radius 2 is 1.94 bits per heavy atom. The number of thiazole rings is 1. The van der Waals surface area contributed by atoms with Crippen molar-refractivity contribution in [1.29, 1.82) is 0 Å². The summed E-state index contributed by atoms with van der Waals surface area (Å²) in [6.45, 7) is 6.49. The first-order valence-corrected chi connectivity index (χ1v) is 12.0. The van der Waals surface area contributed by atoms with Gasteiger partial charge in [0.1, 0.15) is 24.0 Å². The molecular formula is C26H26N6OS. The Kier molecular flexibility index (Phi) is 5.98. The van der Waals surface area contributed by atoms with Crippen LogP contribution in [-0.4, -0.2) is 24.7 Å². The van der Waals surface area contributed by atoms with Crippen LogP contribution in [0.4, 0.5) is 5.82 Å². The fourth-order valence-electron chi connectivity index (χ4n) is 3.94. The van der Waals surface area contributed by atoms with Crippen molar-refractivity contribution in [3.63, 3.8) is 0 Å². The second-order valence-electron chi connectivity index (χ2n) is 8.35. The van der Waals surface area contributed by atoms with Crippen LogP contribution in [0.15, 0.2) is 60.1 Å². The number of hydrogen-bond donors (Lipinski definition) is 1. The first kappa shape index (κ1) is 22.0. The van der Waals surface area contributed by atoms with Gasteiger partial charge in [0, 0.05) is 18.7 Å². The summed E-state index contributed by atoms with van der Waals surface area (Å²) in [6.07, 6.45) is 0. The Morgan fingerprint density at radius 1 is 1.06 bits per heavy atom. The first-order chi connectivity index (χ1) is 16.4. The third-order valence-corrected chi connectivity index (χ3v) is 6.46. The molecule has 2 aromatic carbocycles. The molecule has 7 nitrogen and oxygen atoms in total. The van der Waals surface area contributed by atoms with Crippen molar-refractivity contribution in [2.45, 2.75) is 33.4 Å². The number of ether oxygens (including phenoxy) is 1. The smallest absolute Gasteiger partial charge is 0.130 e. The number of nitrogens with one attached hydrogen (secondary N) is 1. The highest BCUT2D eigenvalue weighted by Crippen LogP contribution is 2.28. The molecule has 0 saturated heterocycles. The molecule has 8 heteroatoms. The van der Waals surface area contributed by atoms with Crippen LogP contribution in [0.2, 0.25) is 0 Å². The van der Waals surface area contributed by atoms with Gasteiger partial charge >= 0.3 is 0 Å². The normalized spacial score (nSPS) is 12.1. The molecule has 0 amide bonds. The van der Waals surface area contributed by atoms with E-state index in [1.807, 2.05) is 61.4 Å². The minimum absolute atomic E-state index is 0.0358. The van der Waals surface area contributed by atoms with Crippen molar-refractivity contribution in [2.24, 2.45) is 7.05 Å². The molecule has 0 radical (unpaired) electrons. The van der Waals surface area contributed by atoms with E-state index < -0.39 is 0 Å². The maximum atomic E-state index is 6.03. The van der Waals surface area contributed by atoms with E-state index in [0.717, 1.165) is 55.8 Å². The number of aryl methyl sites for hydroxylation is 3. The molecule has 0 spiro atoms. The third-order valence-electron chi connectivity index (χ3n) is 5.67. The van der Waals surface area contributed by atoms with Crippen LogP contribution in [0, 0.1) is 13.8 Å². The molecule has 0 aliphatic heterocycles. The maximum Gasteiger partial charge on any atom is 0.130 e. The van der Waals surface area contributed by atoms with E-state index in [2.05, 4.69) is 56.6 Å². The molecule has 0 aliphatic carbocycles. The third kappa shape index (κ3) is 4.77. The summed E-state index contributed by atoms with van der Waals surface area (Å²) in [5.74, 6) is 2.33. The molecule has 0 unspecified atom stereocenters. The van der Waals surface area contributed by atoms with Gasteiger partial charge in [-0.25, -0.2) is 15.0 Å². The number of rotatable bonds is 7. The van der Waals surface area contributed by atoms with Gasteiger partial charge in [-0.3, -0.25) is 4.68 Å². The fourth-order valence-corrected chi connectivity index (χ4v) is 4.66. The largest absolute Gasteiger partial charge is 0.487 e. The summed E-state index contributed by atoms with van der Waals surface area (Å²) in [5.41, 5.74) is 7.95. The Labute approximate surface area is 202 Å². The SMILES string of the molecule is Cc1cc(COc2cccc([C@@H](C)Nc3cc(-c4ccc5ncsc5c4)nc(C)n3)c2)n(C)n1. The lowest BCUT2D eigenvalue weighted by Crippen LogP contribution is -2.09. The van der Waals surface area contributed by atoms with Crippen LogP contribution >= 0.6 is 11.3 Å². The maximum absolute atomic E-state index is 6.03. The first-order valence-electron chi connectivity index (χ1n) is 11.1. The highest BCUT2D eigenvalue weighted by Gasteiger charge is 2.12. The van der Waals surface area contributed by atoms with Crippen molar-refractivity contribution in [2.75, 3.05) is 5.32 Å². The van der Waals surface area contributed by atoms with Gasteiger partial charge in [-0.2, -0.15) is 5.10 Å². The van der Waals surface area contributed by atoms with E-state index in [4.69, 9.17) is 4.74 Å². The molecule has 34 heavy (non-hydrogen) atoms. The van der Waals surface area contributed by atoms with Gasteiger partial charge < -0.3 is 10.1 Å². The highest BCUT2D eigenvalue weighted by atomic mass is 32.1. The Balaban J connectivity index is 1.32. The Morgan fingerprint density at radius 3 is 2.76 bits per heavy atom. The average molecular weight is 471 g/mol. The zero-order chi connectivity index (χ0) is 23.7. The predicted molar refractivity (Wildman–Crippen MR) is 136 cm³/mol. The summed E-state index contributed by atoms with van der Waals surface area (Å²) in [4.78, 5) is 13.6. The van der Waals surface area contributed by atoms with Gasteiger partial charge in [-0.1, -0.05) is 18.2 Å². The summed E-state index contributed by atoms with van der Waals surface area (Å²) in [6, 6.07) is 18.4. The van der Waals surface area contributed by atoms with Crippen molar-refractivity contribution < 1.29 is 4.74 Å². The van der Waals surface area contributed by atoms with Gasteiger partial charge in [0.05, 0.1) is 38.9 Å². The molecule has 1 atom stereocenters. The van der Waals surface area contributed by atoms with Crippen molar-refractivity contribution in [3.8, 4) is 17.0 Å². The van der Waals surface area contributed by atoms with Crippen LogP contribution in [0.1, 0.15) is 35.7 Å². The van der Waals surface area contributed by atoms with E-state index in [1.54, 1.807) is 11.3 Å². The summed E-state index contributed by atoms with van der Waals surface area (Å²) in [7, 11) is 1.93. The summed E-state index contributed by atoms with van der Waals surface area (Å²) >= 11 is 1.63. The topological polar surface area (TPSA) is 77.8 Å². The molecule has 5 rings (SSSR count). The summed E-state index contributed by atoms with van der Waals surface area (Å²) < 4.78 is 9.03. The molecule has 0 saturated carbocycles. The molecule has 0 aliphatic rings. The van der Waals surface area contributed by atoms with Gasteiger partial charge in [0.2, 0.25) is 0 Å². The fraction of sp³-hybridized carbons (Fsp3) is 0.231. The highest BCUT2D eigenvalue weighted by molar-refractivity contribution is 7.16. The number of anilines is 1. The van der Waals surface area contributed by atoms with Gasteiger partial charge in [0.15, 0.2) is 0 Å². The van der Waals surface area contributed by atoms with Crippen LogP contribution in [-0.2, 0) is 13.7 Å². The number of hydrogen-bond acceptors (Lipinski definition) is 7. The van der Waals surface area contributed by atoms with Gasteiger partial charge in [0.25, 0.3) is 0 Å². The Bertz CT molecular complexity index is 1460. The minimum Gasteiger partial charge on any atom is -0.487 e. The average Bonchev–Trinajstić information content (AvgIpc) is 3.42. The second kappa shape index (κ2) is 9.23. The van der Waals surface area contributed by atoms with E-state index >= 15 is 0 Å². The van der Waals surface area contributed by atoms with E-state index in [0.29, 0.717) is 6.61 Å². The van der Waals surface area contributed by atoms with Crippen molar-refractivity contribution in [1.82, 2.24) is 24.7 Å². The minimum atomic E-state index is 0.0358. The number of aromatic nitrogens is 5. The molecule has 172 valence electrons. The monoisotopic (exact) mass is 470 g/mol. The number of benzene rings is 2. The molecule has 1 N–H and O–H groups in total. The van der Waals surface area contributed by atoms with E-state index in [9.17, 15) is 0 Å². The quantitative estimate of drug-likeness (QED) is 0.321. The Hall–Kier alpha value is -3.78. The van der Waals surface area contributed by atoms with Crippen LogP contribution in [0.3, 0.4) is 0 Å². The molecule has 3 heterocycles. The molecule has 0 fully saturated rings. The van der Waals surface area contributed by atoms with Crippen molar-refractivity contribution >= 4 is 27.4 Å². The number of fused-ring (bicyclic) bond motifs is 1. The standard InChI is InChI=1S/C26H26N6OS/c1-16-10-21(32(4)31-16)14-33-22-7-5-6-19(11-22)17(2)28-26-13-24(29-18(3)30-26)20-8-9-23-25(12-20)34-15-27-23/h5-13,15,17H,14H2,1-4H3,(H,28,29,30)/t17-/m1/s1. The lowest BCUT2D eigenvalue weighted by atomic mass is 10.1. The molecule has 3 aromatic heterocycles. The lowest BCUT2D eigenvalue weighted by molar-refractivity contribution is 0.294. The molecule has 5 aromatic rings. The predicted octanol–water partition coefficient (Wildman–Crippen LogP) is 5.86. The number of nitrogens with zero attached hydrogens (tertiary/aromatic N) is 5. The van der Waals surface area contributed by atoms with Gasteiger partial charge in [-0.05, 0) is 56.7 Å². The zero-order valence-corrected chi connectivity index (χ0v) is 20.4. The molecular weight excluding hydrogens is 444 g/mol. The van der Waals surface area contributed by atoms with Crippen LogP contribution in [0.5, 0.6) is 5.75 Å². The lowest BCUT2D eigenvalue weighted by Gasteiger charge is -2.17. The zero-order valence-electron chi connectivity index (χ0n) is 19.6. The van der Waals surface area contributed by atoms with Crippen LogP contribution in [0.25, 0.3) is 21.5 Å². The van der Waals surface area contributed by atoms with Crippen LogP contribution < -0.4 is 10.1 Å². The van der Waals surface area contributed by atoms with Gasteiger partial charge in [-0.15, -0.1) is 11.3 Å². The van der Waals surface area contributed by atoms with E-state index in [1.165, 1.54) is 0 Å². The molecule has 0 bridgehead atoms. The second-order valence-corrected chi connectivity index (χ2v) is 9.23. The summed E-state index contributed by atoms with van der Waals surface area (Å²) in [5, 5.41) is 7.90. The van der Waals surface area contributed by atoms with E-state index in [-0.39, 0.29) is 6.04 Å². The van der Waals surface area contributed by atoms with Crippen molar-refractivity contribution in [3.05, 3.63) is 82.9 Å².